The van der Waals surface area contributed by atoms with Crippen LogP contribution in [-0.2, 0) is 6.18 Å². The smallest absolute Gasteiger partial charge is 0.373 e. The first-order chi connectivity index (χ1) is 9.77. The summed E-state index contributed by atoms with van der Waals surface area (Å²) in [7, 11) is 3.54. The number of likely N-dealkylation sites (N-methyl/N-ethyl adjacent to an activating group) is 1. The molecule has 1 aromatic heterocycles. The summed E-state index contributed by atoms with van der Waals surface area (Å²) in [5, 5.41) is 5.59. The molecule has 4 nitrogen and oxygen atoms in total. The largest absolute Gasteiger partial charge is 0.416 e. The van der Waals surface area contributed by atoms with Crippen molar-refractivity contribution in [1.82, 2.24) is 9.88 Å². The van der Waals surface area contributed by atoms with Gasteiger partial charge in [-0.2, -0.15) is 13.2 Å². The van der Waals surface area contributed by atoms with E-state index in [-0.39, 0.29) is 11.6 Å². The summed E-state index contributed by atoms with van der Waals surface area (Å²) < 4.78 is 38.4. The summed E-state index contributed by atoms with van der Waals surface area (Å²) in [6.45, 7) is 5.49. The van der Waals surface area contributed by atoms with E-state index in [1.807, 2.05) is 7.05 Å². The van der Waals surface area contributed by atoms with Crippen LogP contribution in [0, 0.1) is 0 Å². The molecular formula is C14H23F3N4. The maximum absolute atomic E-state index is 12.8. The van der Waals surface area contributed by atoms with Gasteiger partial charge in [-0.1, -0.05) is 6.92 Å². The number of anilines is 2. The molecule has 0 amide bonds. The summed E-state index contributed by atoms with van der Waals surface area (Å²) >= 11 is 0. The lowest BCUT2D eigenvalue weighted by Gasteiger charge is -2.23. The van der Waals surface area contributed by atoms with Crippen molar-refractivity contribution >= 4 is 11.6 Å². The number of aromatic nitrogens is 1. The monoisotopic (exact) mass is 304 g/mol. The van der Waals surface area contributed by atoms with Crippen molar-refractivity contribution < 1.29 is 13.2 Å². The van der Waals surface area contributed by atoms with Crippen LogP contribution in [0.25, 0.3) is 0 Å². The van der Waals surface area contributed by atoms with E-state index in [1.54, 1.807) is 7.05 Å². The normalized spacial score (nSPS) is 13.3. The summed E-state index contributed by atoms with van der Waals surface area (Å²) in [6, 6.07) is 2.47. The number of hydrogen-bond donors (Lipinski definition) is 2. The summed E-state index contributed by atoms with van der Waals surface area (Å²) in [4.78, 5) is 6.24. The van der Waals surface area contributed by atoms with E-state index in [0.717, 1.165) is 25.1 Å². The van der Waals surface area contributed by atoms with Gasteiger partial charge >= 0.3 is 6.18 Å². The predicted octanol–water partition coefficient (Wildman–Crippen LogP) is 3.28. The molecule has 1 rings (SSSR count). The number of halogens is 3. The third-order valence-corrected chi connectivity index (χ3v) is 3.52. The van der Waals surface area contributed by atoms with Crippen LogP contribution in [0.1, 0.15) is 25.8 Å². The second-order valence-corrected chi connectivity index (χ2v) is 5.04. The highest BCUT2D eigenvalue weighted by molar-refractivity contribution is 5.49. The van der Waals surface area contributed by atoms with Crippen LogP contribution >= 0.6 is 0 Å². The van der Waals surface area contributed by atoms with E-state index in [0.29, 0.717) is 12.6 Å². The SMILES string of the molecule is CCC(C)N(C)CCNc1cc(C(F)(F)F)cc(NC)n1. The number of alkyl halides is 3. The highest BCUT2D eigenvalue weighted by atomic mass is 19.4. The molecule has 1 heterocycles. The van der Waals surface area contributed by atoms with Crippen LogP contribution in [-0.4, -0.2) is 43.1 Å². The van der Waals surface area contributed by atoms with Crippen molar-refractivity contribution in [2.75, 3.05) is 37.8 Å². The predicted molar refractivity (Wildman–Crippen MR) is 79.7 cm³/mol. The number of nitrogens with zero attached hydrogens (tertiary/aromatic N) is 2. The quantitative estimate of drug-likeness (QED) is 0.811. The molecule has 0 bridgehead atoms. The van der Waals surface area contributed by atoms with Crippen LogP contribution in [0.4, 0.5) is 24.8 Å². The molecule has 0 saturated carbocycles. The Bertz CT molecular complexity index is 448. The molecule has 0 saturated heterocycles. The maximum atomic E-state index is 12.8. The van der Waals surface area contributed by atoms with Gasteiger partial charge in [0.05, 0.1) is 5.56 Å². The first-order valence-corrected chi connectivity index (χ1v) is 6.99. The van der Waals surface area contributed by atoms with E-state index < -0.39 is 11.7 Å². The lowest BCUT2D eigenvalue weighted by molar-refractivity contribution is -0.137. The van der Waals surface area contributed by atoms with E-state index in [1.165, 1.54) is 0 Å². The zero-order chi connectivity index (χ0) is 16.0. The van der Waals surface area contributed by atoms with Crippen LogP contribution in [0.3, 0.4) is 0 Å². The number of nitrogens with one attached hydrogen (secondary N) is 2. The molecule has 0 aromatic carbocycles. The second-order valence-electron chi connectivity index (χ2n) is 5.04. The van der Waals surface area contributed by atoms with Crippen molar-refractivity contribution in [3.05, 3.63) is 17.7 Å². The van der Waals surface area contributed by atoms with Crippen LogP contribution in [0.2, 0.25) is 0 Å². The molecule has 0 aliphatic carbocycles. The van der Waals surface area contributed by atoms with Gasteiger partial charge in [0.2, 0.25) is 0 Å². The Kier molecular flexibility index (Phi) is 6.26. The molecule has 1 atom stereocenters. The Morgan fingerprint density at radius 3 is 2.43 bits per heavy atom. The molecule has 7 heteroatoms. The highest BCUT2D eigenvalue weighted by Gasteiger charge is 2.31. The minimum Gasteiger partial charge on any atom is -0.373 e. The molecule has 1 unspecified atom stereocenters. The molecule has 0 fully saturated rings. The van der Waals surface area contributed by atoms with Gasteiger partial charge in [0, 0.05) is 26.2 Å². The van der Waals surface area contributed by atoms with Gasteiger partial charge in [-0.25, -0.2) is 4.98 Å². The van der Waals surface area contributed by atoms with Crippen LogP contribution in [0.15, 0.2) is 12.1 Å². The maximum Gasteiger partial charge on any atom is 0.416 e. The molecule has 21 heavy (non-hydrogen) atoms. The Labute approximate surface area is 123 Å². The fourth-order valence-corrected chi connectivity index (χ4v) is 1.81. The van der Waals surface area contributed by atoms with Gasteiger partial charge in [-0.15, -0.1) is 0 Å². The standard InChI is InChI=1S/C14H23F3N4/c1-5-10(2)21(4)7-6-19-13-9-11(14(15,16)17)8-12(18-3)20-13/h8-10H,5-7H2,1-4H3,(H2,18,19,20). The second kappa shape index (κ2) is 7.49. The Hall–Kier alpha value is -1.50. The molecule has 1 aromatic rings. The van der Waals surface area contributed by atoms with Gasteiger partial charge in [-0.05, 0) is 32.5 Å². The molecule has 2 N–H and O–H groups in total. The van der Waals surface area contributed by atoms with E-state index in [2.05, 4.69) is 34.4 Å². The van der Waals surface area contributed by atoms with E-state index >= 15 is 0 Å². The fraction of sp³-hybridized carbons (Fsp3) is 0.643. The average Bonchev–Trinajstić information content (AvgIpc) is 2.44. The zero-order valence-corrected chi connectivity index (χ0v) is 12.9. The van der Waals surface area contributed by atoms with E-state index in [4.69, 9.17) is 0 Å². The molecular weight excluding hydrogens is 281 g/mol. The highest BCUT2D eigenvalue weighted by Crippen LogP contribution is 2.31. The summed E-state index contributed by atoms with van der Waals surface area (Å²) in [6.07, 6.45) is -3.35. The third-order valence-electron chi connectivity index (χ3n) is 3.52. The van der Waals surface area contributed by atoms with Gasteiger partial charge in [0.25, 0.3) is 0 Å². The van der Waals surface area contributed by atoms with Gasteiger partial charge < -0.3 is 15.5 Å². The van der Waals surface area contributed by atoms with Crippen molar-refractivity contribution in [3.8, 4) is 0 Å². The zero-order valence-electron chi connectivity index (χ0n) is 12.9. The minimum absolute atomic E-state index is 0.197. The number of rotatable bonds is 7. The molecule has 0 radical (unpaired) electrons. The Morgan fingerprint density at radius 2 is 1.90 bits per heavy atom. The Morgan fingerprint density at radius 1 is 1.29 bits per heavy atom. The molecule has 120 valence electrons. The number of hydrogen-bond acceptors (Lipinski definition) is 4. The van der Waals surface area contributed by atoms with Gasteiger partial charge in [-0.3, -0.25) is 0 Å². The lowest BCUT2D eigenvalue weighted by Crippen LogP contribution is -2.32. The van der Waals surface area contributed by atoms with Crippen molar-refractivity contribution in [2.24, 2.45) is 0 Å². The fourth-order valence-electron chi connectivity index (χ4n) is 1.81. The molecule has 0 aliphatic heterocycles. The van der Waals surface area contributed by atoms with Crippen molar-refractivity contribution in [2.45, 2.75) is 32.5 Å². The lowest BCUT2D eigenvalue weighted by atomic mass is 10.2. The average molecular weight is 304 g/mol. The molecule has 0 aliphatic rings. The third kappa shape index (κ3) is 5.41. The van der Waals surface area contributed by atoms with Crippen molar-refractivity contribution in [3.63, 3.8) is 0 Å². The first kappa shape index (κ1) is 17.6. The van der Waals surface area contributed by atoms with Crippen LogP contribution < -0.4 is 10.6 Å². The number of pyridine rings is 1. The van der Waals surface area contributed by atoms with Crippen molar-refractivity contribution in [1.29, 1.82) is 0 Å². The minimum atomic E-state index is -4.38. The Balaban J connectivity index is 2.71. The van der Waals surface area contributed by atoms with Crippen LogP contribution in [0.5, 0.6) is 0 Å². The summed E-state index contributed by atoms with van der Waals surface area (Å²) in [5.41, 5.74) is -0.709. The first-order valence-electron chi connectivity index (χ1n) is 6.99. The van der Waals surface area contributed by atoms with Gasteiger partial charge in [0.15, 0.2) is 0 Å². The summed E-state index contributed by atoms with van der Waals surface area (Å²) in [5.74, 6) is 0.425. The van der Waals surface area contributed by atoms with E-state index in [9.17, 15) is 13.2 Å². The van der Waals surface area contributed by atoms with Gasteiger partial charge in [0.1, 0.15) is 11.6 Å². The molecule has 0 spiro atoms. The topological polar surface area (TPSA) is 40.2 Å².